The first kappa shape index (κ1) is 11.8. The number of hydrogen-bond acceptors (Lipinski definition) is 3. The van der Waals surface area contributed by atoms with E-state index in [-0.39, 0.29) is 0 Å². The molecule has 0 spiro atoms. The van der Waals surface area contributed by atoms with E-state index in [1.807, 2.05) is 4.90 Å². The smallest absolute Gasteiger partial charge is 0.336 e. The fourth-order valence-electron chi connectivity index (χ4n) is 1.97. The summed E-state index contributed by atoms with van der Waals surface area (Å²) in [5.41, 5.74) is 1.95. The first-order valence-electron chi connectivity index (χ1n) is 5.30. The lowest BCUT2D eigenvalue weighted by molar-refractivity contribution is 0.0694. The van der Waals surface area contributed by atoms with E-state index in [0.717, 1.165) is 24.2 Å². The summed E-state index contributed by atoms with van der Waals surface area (Å²) in [4.78, 5) is 17.3. The molecule has 6 heteroatoms. The van der Waals surface area contributed by atoms with E-state index in [2.05, 4.69) is 10.3 Å². The standard InChI is InChI=1S/C11H13N3O2S/c1-12-11(17)14-5-3-9-8(6-14)7(10(15)16)2-4-13-9/h2,4H,3,5-6H2,1H3,(H,12,17)(H,15,16). The Morgan fingerprint density at radius 3 is 3.06 bits per heavy atom. The van der Waals surface area contributed by atoms with Gasteiger partial charge in [-0.2, -0.15) is 0 Å². The minimum Gasteiger partial charge on any atom is -0.478 e. The van der Waals surface area contributed by atoms with Crippen molar-refractivity contribution in [3.05, 3.63) is 29.1 Å². The van der Waals surface area contributed by atoms with E-state index in [0.29, 0.717) is 17.2 Å². The maximum absolute atomic E-state index is 11.1. The molecule has 0 atom stereocenters. The molecule has 5 nitrogen and oxygen atoms in total. The zero-order chi connectivity index (χ0) is 12.4. The van der Waals surface area contributed by atoms with Gasteiger partial charge in [0.1, 0.15) is 0 Å². The van der Waals surface area contributed by atoms with Gasteiger partial charge in [0.2, 0.25) is 0 Å². The van der Waals surface area contributed by atoms with Gasteiger partial charge in [0.05, 0.1) is 5.56 Å². The Balaban J connectivity index is 2.35. The number of aromatic carboxylic acids is 1. The SMILES string of the molecule is CNC(=S)N1CCc2nccc(C(=O)O)c2C1. The fraction of sp³-hybridized carbons (Fsp3) is 0.364. The van der Waals surface area contributed by atoms with Crippen LogP contribution in [0.1, 0.15) is 21.6 Å². The van der Waals surface area contributed by atoms with Gasteiger partial charge < -0.3 is 15.3 Å². The Hall–Kier alpha value is -1.69. The molecular formula is C11H13N3O2S. The zero-order valence-electron chi connectivity index (χ0n) is 9.43. The topological polar surface area (TPSA) is 65.5 Å². The Morgan fingerprint density at radius 2 is 2.41 bits per heavy atom. The molecule has 90 valence electrons. The fourth-order valence-corrected chi connectivity index (χ4v) is 2.13. The number of fused-ring (bicyclic) bond motifs is 1. The van der Waals surface area contributed by atoms with Crippen LogP contribution in [0, 0.1) is 0 Å². The molecule has 2 heterocycles. The van der Waals surface area contributed by atoms with E-state index < -0.39 is 5.97 Å². The van der Waals surface area contributed by atoms with Crippen molar-refractivity contribution in [1.29, 1.82) is 0 Å². The first-order chi connectivity index (χ1) is 8.13. The van der Waals surface area contributed by atoms with E-state index in [4.69, 9.17) is 17.3 Å². The highest BCUT2D eigenvalue weighted by Crippen LogP contribution is 2.20. The third kappa shape index (κ3) is 2.21. The van der Waals surface area contributed by atoms with Crippen LogP contribution in [-0.2, 0) is 13.0 Å². The number of hydrogen-bond donors (Lipinski definition) is 2. The lowest BCUT2D eigenvalue weighted by Gasteiger charge is -2.30. The van der Waals surface area contributed by atoms with Crippen molar-refractivity contribution in [2.24, 2.45) is 0 Å². The Kier molecular flexibility index (Phi) is 3.23. The number of nitrogens with one attached hydrogen (secondary N) is 1. The average molecular weight is 251 g/mol. The normalized spacial score (nSPS) is 14.1. The molecule has 1 aliphatic heterocycles. The van der Waals surface area contributed by atoms with Gasteiger partial charge in [-0.3, -0.25) is 4.98 Å². The molecular weight excluding hydrogens is 238 g/mol. The monoisotopic (exact) mass is 251 g/mol. The second kappa shape index (κ2) is 4.67. The quantitative estimate of drug-likeness (QED) is 0.714. The van der Waals surface area contributed by atoms with Crippen LogP contribution in [0.5, 0.6) is 0 Å². The van der Waals surface area contributed by atoms with Gasteiger partial charge in [-0.25, -0.2) is 4.79 Å². The number of aromatic nitrogens is 1. The maximum Gasteiger partial charge on any atom is 0.336 e. The van der Waals surface area contributed by atoms with Gasteiger partial charge in [0, 0.05) is 44.0 Å². The number of rotatable bonds is 1. The molecule has 0 saturated carbocycles. The number of carbonyl (C=O) groups is 1. The molecule has 1 aromatic rings. The van der Waals surface area contributed by atoms with Crippen LogP contribution in [0.15, 0.2) is 12.3 Å². The molecule has 1 aromatic heterocycles. The van der Waals surface area contributed by atoms with Crippen molar-refractivity contribution in [2.75, 3.05) is 13.6 Å². The van der Waals surface area contributed by atoms with Gasteiger partial charge >= 0.3 is 5.97 Å². The highest BCUT2D eigenvalue weighted by atomic mass is 32.1. The molecule has 0 unspecified atom stereocenters. The summed E-state index contributed by atoms with van der Waals surface area (Å²) in [6.07, 6.45) is 2.27. The summed E-state index contributed by atoms with van der Waals surface area (Å²) < 4.78 is 0. The molecule has 0 fully saturated rings. The molecule has 0 aromatic carbocycles. The first-order valence-corrected chi connectivity index (χ1v) is 5.71. The number of carboxylic acids is 1. The van der Waals surface area contributed by atoms with Crippen LogP contribution in [0.2, 0.25) is 0 Å². The molecule has 0 amide bonds. The third-order valence-electron chi connectivity index (χ3n) is 2.84. The lowest BCUT2D eigenvalue weighted by Crippen LogP contribution is -2.41. The largest absolute Gasteiger partial charge is 0.478 e. The van der Waals surface area contributed by atoms with Crippen LogP contribution in [0.3, 0.4) is 0 Å². The summed E-state index contributed by atoms with van der Waals surface area (Å²) in [5.74, 6) is -0.916. The number of pyridine rings is 1. The number of thiocarbonyl (C=S) groups is 1. The van der Waals surface area contributed by atoms with Gasteiger partial charge in [-0.1, -0.05) is 0 Å². The van der Waals surface area contributed by atoms with Gasteiger partial charge in [-0.05, 0) is 18.3 Å². The molecule has 2 N–H and O–H groups in total. The minimum absolute atomic E-state index is 0.318. The predicted molar refractivity (Wildman–Crippen MR) is 67.0 cm³/mol. The summed E-state index contributed by atoms with van der Waals surface area (Å²) in [6.45, 7) is 1.27. The average Bonchev–Trinajstić information content (AvgIpc) is 2.36. The highest BCUT2D eigenvalue weighted by molar-refractivity contribution is 7.80. The van der Waals surface area contributed by atoms with Gasteiger partial charge in [0.15, 0.2) is 5.11 Å². The van der Waals surface area contributed by atoms with Crippen molar-refractivity contribution < 1.29 is 9.90 Å². The molecule has 17 heavy (non-hydrogen) atoms. The van der Waals surface area contributed by atoms with Crippen LogP contribution in [0.4, 0.5) is 0 Å². The summed E-state index contributed by atoms with van der Waals surface area (Å²) >= 11 is 5.16. The molecule has 0 saturated heterocycles. The van der Waals surface area contributed by atoms with Crippen molar-refractivity contribution in [3.8, 4) is 0 Å². The van der Waals surface area contributed by atoms with Crippen LogP contribution in [0.25, 0.3) is 0 Å². The van der Waals surface area contributed by atoms with E-state index >= 15 is 0 Å². The maximum atomic E-state index is 11.1. The van der Waals surface area contributed by atoms with E-state index in [9.17, 15) is 4.79 Å². The van der Waals surface area contributed by atoms with Gasteiger partial charge in [0.25, 0.3) is 0 Å². The van der Waals surface area contributed by atoms with Crippen molar-refractivity contribution in [1.82, 2.24) is 15.2 Å². The summed E-state index contributed by atoms with van der Waals surface area (Å²) in [5, 5.41) is 12.7. The second-order valence-electron chi connectivity index (χ2n) is 3.82. The summed E-state index contributed by atoms with van der Waals surface area (Å²) in [6, 6.07) is 1.53. The van der Waals surface area contributed by atoms with Crippen molar-refractivity contribution in [3.63, 3.8) is 0 Å². The Morgan fingerprint density at radius 1 is 1.65 bits per heavy atom. The van der Waals surface area contributed by atoms with Crippen molar-refractivity contribution >= 4 is 23.3 Å². The van der Waals surface area contributed by atoms with Crippen molar-refractivity contribution in [2.45, 2.75) is 13.0 Å². The number of carboxylic acid groups (broad SMARTS) is 1. The third-order valence-corrected chi connectivity index (χ3v) is 3.31. The lowest BCUT2D eigenvalue weighted by atomic mass is 10.0. The Labute approximate surface area is 104 Å². The van der Waals surface area contributed by atoms with E-state index in [1.54, 1.807) is 13.2 Å². The molecule has 2 rings (SSSR count). The summed E-state index contributed by atoms with van der Waals surface area (Å²) in [7, 11) is 1.76. The van der Waals surface area contributed by atoms with Crippen LogP contribution in [-0.4, -0.2) is 39.7 Å². The molecule has 1 aliphatic rings. The van der Waals surface area contributed by atoms with Gasteiger partial charge in [-0.15, -0.1) is 0 Å². The van der Waals surface area contributed by atoms with Crippen LogP contribution >= 0.6 is 12.2 Å². The number of nitrogens with zero attached hydrogens (tertiary/aromatic N) is 2. The molecule has 0 radical (unpaired) electrons. The second-order valence-corrected chi connectivity index (χ2v) is 4.20. The highest BCUT2D eigenvalue weighted by Gasteiger charge is 2.23. The van der Waals surface area contributed by atoms with E-state index in [1.165, 1.54) is 6.07 Å². The van der Waals surface area contributed by atoms with Crippen LogP contribution < -0.4 is 5.32 Å². The predicted octanol–water partition coefficient (Wildman–Crippen LogP) is 0.642. The Bertz CT molecular complexity index is 476. The molecule has 0 bridgehead atoms. The molecule has 0 aliphatic carbocycles. The minimum atomic E-state index is -0.916. The zero-order valence-corrected chi connectivity index (χ0v) is 10.3.